The largest absolute Gasteiger partial charge is 0.478 e. The highest BCUT2D eigenvalue weighted by Crippen LogP contribution is 2.25. The molecule has 0 bridgehead atoms. The van der Waals surface area contributed by atoms with Crippen LogP contribution in [0.2, 0.25) is 0 Å². The molecular formula is C18H11FO3. The van der Waals surface area contributed by atoms with Crippen LogP contribution in [0, 0.1) is 5.82 Å². The Labute approximate surface area is 125 Å². The monoisotopic (exact) mass is 294 g/mol. The molecule has 0 radical (unpaired) electrons. The SMILES string of the molecule is O=C(O)c1ccccc1C(=O)c1ccc(F)c2ccccc12. The molecule has 1 N–H and O–H groups in total. The zero-order chi connectivity index (χ0) is 15.7. The van der Waals surface area contributed by atoms with Crippen molar-refractivity contribution >= 4 is 22.5 Å². The van der Waals surface area contributed by atoms with Crippen LogP contribution in [0.1, 0.15) is 26.3 Å². The quantitative estimate of drug-likeness (QED) is 0.745. The average molecular weight is 294 g/mol. The van der Waals surface area contributed by atoms with Gasteiger partial charge in [0.2, 0.25) is 0 Å². The van der Waals surface area contributed by atoms with E-state index in [0.29, 0.717) is 10.8 Å². The van der Waals surface area contributed by atoms with Crippen molar-refractivity contribution in [1.29, 1.82) is 0 Å². The number of halogens is 1. The number of hydrogen-bond donors (Lipinski definition) is 1. The summed E-state index contributed by atoms with van der Waals surface area (Å²) in [7, 11) is 0. The van der Waals surface area contributed by atoms with E-state index in [4.69, 9.17) is 0 Å². The molecule has 0 aliphatic heterocycles. The third kappa shape index (κ3) is 2.24. The maximum atomic E-state index is 13.8. The van der Waals surface area contributed by atoms with Gasteiger partial charge in [-0.05, 0) is 23.6 Å². The number of hydrogen-bond acceptors (Lipinski definition) is 2. The Morgan fingerprint density at radius 3 is 2.00 bits per heavy atom. The first-order valence-electron chi connectivity index (χ1n) is 6.64. The van der Waals surface area contributed by atoms with E-state index >= 15 is 0 Å². The molecule has 0 saturated carbocycles. The van der Waals surface area contributed by atoms with E-state index in [9.17, 15) is 19.1 Å². The number of carbonyl (C=O) groups is 2. The molecule has 0 aromatic heterocycles. The van der Waals surface area contributed by atoms with Crippen LogP contribution in [0.5, 0.6) is 0 Å². The second-order valence-electron chi connectivity index (χ2n) is 4.82. The molecule has 0 heterocycles. The van der Waals surface area contributed by atoms with Crippen molar-refractivity contribution in [3.8, 4) is 0 Å². The Bertz CT molecular complexity index is 900. The highest BCUT2D eigenvalue weighted by atomic mass is 19.1. The van der Waals surface area contributed by atoms with Crippen molar-refractivity contribution in [2.75, 3.05) is 0 Å². The van der Waals surface area contributed by atoms with Crippen molar-refractivity contribution in [3.63, 3.8) is 0 Å². The molecule has 3 rings (SSSR count). The molecular weight excluding hydrogens is 283 g/mol. The zero-order valence-electron chi connectivity index (χ0n) is 11.4. The third-order valence-corrected chi connectivity index (χ3v) is 3.52. The molecule has 4 heteroatoms. The van der Waals surface area contributed by atoms with E-state index < -0.39 is 17.6 Å². The lowest BCUT2D eigenvalue weighted by atomic mass is 9.94. The number of ketones is 1. The van der Waals surface area contributed by atoms with Gasteiger partial charge in [0.25, 0.3) is 0 Å². The van der Waals surface area contributed by atoms with E-state index in [-0.39, 0.29) is 16.7 Å². The fourth-order valence-electron chi connectivity index (χ4n) is 2.47. The fourth-order valence-corrected chi connectivity index (χ4v) is 2.47. The molecule has 3 nitrogen and oxygen atoms in total. The minimum atomic E-state index is -1.17. The molecule has 108 valence electrons. The first-order valence-corrected chi connectivity index (χ1v) is 6.64. The first-order chi connectivity index (χ1) is 10.6. The standard InChI is InChI=1S/C18H11FO3/c19-16-10-9-14(11-5-1-2-6-12(11)16)17(20)13-7-3-4-8-15(13)18(21)22/h1-10H,(H,21,22). The van der Waals surface area contributed by atoms with Crippen molar-refractivity contribution in [1.82, 2.24) is 0 Å². The number of benzene rings is 3. The Kier molecular flexibility index (Phi) is 3.43. The number of carboxylic acids is 1. The van der Waals surface area contributed by atoms with Crippen LogP contribution >= 0.6 is 0 Å². The van der Waals surface area contributed by atoms with Gasteiger partial charge in [0.1, 0.15) is 5.82 Å². The Morgan fingerprint density at radius 2 is 1.32 bits per heavy atom. The lowest BCUT2D eigenvalue weighted by molar-refractivity contribution is 0.0693. The van der Waals surface area contributed by atoms with Gasteiger partial charge in [-0.25, -0.2) is 9.18 Å². The molecule has 0 unspecified atom stereocenters. The maximum absolute atomic E-state index is 13.8. The number of aromatic carboxylic acids is 1. The third-order valence-electron chi connectivity index (χ3n) is 3.52. The molecule has 0 aliphatic rings. The summed E-state index contributed by atoms with van der Waals surface area (Å²) < 4.78 is 13.8. The molecule has 22 heavy (non-hydrogen) atoms. The number of carbonyl (C=O) groups excluding carboxylic acids is 1. The van der Waals surface area contributed by atoms with Gasteiger partial charge in [0.15, 0.2) is 5.78 Å². The number of rotatable bonds is 3. The summed E-state index contributed by atoms with van der Waals surface area (Å²) >= 11 is 0. The topological polar surface area (TPSA) is 54.4 Å². The highest BCUT2D eigenvalue weighted by molar-refractivity contribution is 6.19. The fraction of sp³-hybridized carbons (Fsp3) is 0. The van der Waals surface area contributed by atoms with Gasteiger partial charge in [-0.1, -0.05) is 42.5 Å². The molecule has 0 amide bonds. The lowest BCUT2D eigenvalue weighted by Gasteiger charge is -2.09. The van der Waals surface area contributed by atoms with Crippen LogP contribution in [0.4, 0.5) is 4.39 Å². The zero-order valence-corrected chi connectivity index (χ0v) is 11.4. The van der Waals surface area contributed by atoms with Crippen LogP contribution in [-0.4, -0.2) is 16.9 Å². The van der Waals surface area contributed by atoms with Crippen molar-refractivity contribution in [2.45, 2.75) is 0 Å². The van der Waals surface area contributed by atoms with Crippen molar-refractivity contribution in [2.24, 2.45) is 0 Å². The van der Waals surface area contributed by atoms with Crippen molar-refractivity contribution < 1.29 is 19.1 Å². The van der Waals surface area contributed by atoms with Gasteiger partial charge >= 0.3 is 5.97 Å². The molecule has 0 spiro atoms. The molecule has 0 fully saturated rings. The van der Waals surface area contributed by atoms with Gasteiger partial charge < -0.3 is 5.11 Å². The molecule has 0 aliphatic carbocycles. The lowest BCUT2D eigenvalue weighted by Crippen LogP contribution is -2.10. The van der Waals surface area contributed by atoms with E-state index in [1.165, 1.54) is 24.3 Å². The first kappa shape index (κ1) is 13.9. The summed E-state index contributed by atoms with van der Waals surface area (Å²) in [5, 5.41) is 10.0. The minimum absolute atomic E-state index is 0.0686. The van der Waals surface area contributed by atoms with Crippen LogP contribution < -0.4 is 0 Å². The van der Waals surface area contributed by atoms with E-state index in [1.807, 2.05) is 0 Å². The van der Waals surface area contributed by atoms with E-state index in [0.717, 1.165) is 0 Å². The summed E-state index contributed by atoms with van der Waals surface area (Å²) in [5.74, 6) is -2.02. The average Bonchev–Trinajstić information content (AvgIpc) is 2.55. The summed E-state index contributed by atoms with van der Waals surface area (Å²) in [4.78, 5) is 24.0. The summed E-state index contributed by atoms with van der Waals surface area (Å²) in [6.45, 7) is 0. The smallest absolute Gasteiger partial charge is 0.336 e. The molecule has 3 aromatic carbocycles. The minimum Gasteiger partial charge on any atom is -0.478 e. The summed E-state index contributed by atoms with van der Waals surface area (Å²) in [5.41, 5.74) is 0.304. The summed E-state index contributed by atoms with van der Waals surface area (Å²) in [6.07, 6.45) is 0. The van der Waals surface area contributed by atoms with Crippen LogP contribution in [0.15, 0.2) is 60.7 Å². The van der Waals surface area contributed by atoms with Gasteiger partial charge in [0.05, 0.1) is 5.56 Å². The Hall–Kier alpha value is -3.01. The second kappa shape index (κ2) is 5.41. The van der Waals surface area contributed by atoms with Gasteiger partial charge in [-0.3, -0.25) is 4.79 Å². The van der Waals surface area contributed by atoms with Crippen LogP contribution in [0.25, 0.3) is 10.8 Å². The molecule has 3 aromatic rings. The van der Waals surface area contributed by atoms with Crippen LogP contribution in [-0.2, 0) is 0 Å². The summed E-state index contributed by atoms with van der Waals surface area (Å²) in [6, 6.07) is 15.2. The van der Waals surface area contributed by atoms with Gasteiger partial charge in [-0.15, -0.1) is 0 Å². The van der Waals surface area contributed by atoms with E-state index in [2.05, 4.69) is 0 Å². The maximum Gasteiger partial charge on any atom is 0.336 e. The Balaban J connectivity index is 2.23. The highest BCUT2D eigenvalue weighted by Gasteiger charge is 2.19. The second-order valence-corrected chi connectivity index (χ2v) is 4.82. The molecule has 0 saturated heterocycles. The van der Waals surface area contributed by atoms with Gasteiger partial charge in [-0.2, -0.15) is 0 Å². The normalized spacial score (nSPS) is 10.6. The molecule has 0 atom stereocenters. The van der Waals surface area contributed by atoms with E-state index in [1.54, 1.807) is 36.4 Å². The van der Waals surface area contributed by atoms with Crippen LogP contribution in [0.3, 0.4) is 0 Å². The number of carboxylic acid groups (broad SMARTS) is 1. The van der Waals surface area contributed by atoms with Gasteiger partial charge in [0, 0.05) is 16.5 Å². The predicted molar refractivity (Wildman–Crippen MR) is 80.7 cm³/mol. The van der Waals surface area contributed by atoms with Crippen molar-refractivity contribution in [3.05, 3.63) is 83.2 Å². The Morgan fingerprint density at radius 1 is 0.727 bits per heavy atom. The number of fused-ring (bicyclic) bond motifs is 1. The predicted octanol–water partition coefficient (Wildman–Crippen LogP) is 3.91.